The highest BCUT2D eigenvalue weighted by atomic mass is 32.2. The molecule has 0 heterocycles. The Hall–Kier alpha value is -1.40. The number of benzene rings is 1. The van der Waals surface area contributed by atoms with Crippen LogP contribution in [0.1, 0.15) is 37.0 Å². The third kappa shape index (κ3) is 4.28. The quantitative estimate of drug-likeness (QED) is 0.775. The van der Waals surface area contributed by atoms with Crippen molar-refractivity contribution in [3.05, 3.63) is 29.8 Å². The zero-order valence-corrected chi connectivity index (χ0v) is 14.0. The molecule has 0 saturated carbocycles. The first-order valence-corrected chi connectivity index (χ1v) is 8.60. The Morgan fingerprint density at radius 1 is 1.00 bits per heavy atom. The van der Waals surface area contributed by atoms with Crippen LogP contribution < -0.4 is 0 Å². The SMILES string of the molecule is CCCN(CCC)S(=O)(=O)c1ccc(C(=O)N(C)C)cc1. The van der Waals surface area contributed by atoms with Crippen molar-refractivity contribution in [1.82, 2.24) is 9.21 Å². The molecule has 0 fully saturated rings. The van der Waals surface area contributed by atoms with Crippen molar-refractivity contribution in [3.63, 3.8) is 0 Å². The summed E-state index contributed by atoms with van der Waals surface area (Å²) in [7, 11) is -0.152. The molecule has 0 aliphatic rings. The number of carbonyl (C=O) groups excluding carboxylic acids is 1. The van der Waals surface area contributed by atoms with Crippen molar-refractivity contribution in [2.45, 2.75) is 31.6 Å². The largest absolute Gasteiger partial charge is 0.345 e. The van der Waals surface area contributed by atoms with Gasteiger partial charge in [0.15, 0.2) is 0 Å². The van der Waals surface area contributed by atoms with Gasteiger partial charge in [-0.1, -0.05) is 13.8 Å². The fourth-order valence-electron chi connectivity index (χ4n) is 2.03. The predicted molar refractivity (Wildman–Crippen MR) is 83.8 cm³/mol. The highest BCUT2D eigenvalue weighted by Gasteiger charge is 2.23. The zero-order chi connectivity index (χ0) is 16.0. The summed E-state index contributed by atoms with van der Waals surface area (Å²) < 4.78 is 26.6. The van der Waals surface area contributed by atoms with Crippen LogP contribution in [-0.2, 0) is 10.0 Å². The minimum atomic E-state index is -3.48. The number of hydrogen-bond acceptors (Lipinski definition) is 3. The zero-order valence-electron chi connectivity index (χ0n) is 13.2. The number of nitrogens with zero attached hydrogens (tertiary/aromatic N) is 2. The van der Waals surface area contributed by atoms with Crippen molar-refractivity contribution >= 4 is 15.9 Å². The molecule has 0 aromatic heterocycles. The van der Waals surface area contributed by atoms with Gasteiger partial charge in [-0.05, 0) is 37.1 Å². The summed E-state index contributed by atoms with van der Waals surface area (Å²) in [5.41, 5.74) is 0.483. The Kier molecular flexibility index (Phi) is 6.36. The van der Waals surface area contributed by atoms with E-state index < -0.39 is 10.0 Å². The van der Waals surface area contributed by atoms with Crippen LogP contribution in [0.2, 0.25) is 0 Å². The smallest absolute Gasteiger partial charge is 0.253 e. The van der Waals surface area contributed by atoms with Gasteiger partial charge in [0, 0.05) is 32.7 Å². The molecule has 0 N–H and O–H groups in total. The van der Waals surface area contributed by atoms with Gasteiger partial charge in [-0.2, -0.15) is 4.31 Å². The van der Waals surface area contributed by atoms with Gasteiger partial charge in [-0.15, -0.1) is 0 Å². The summed E-state index contributed by atoms with van der Waals surface area (Å²) in [6.45, 7) is 4.93. The normalized spacial score (nSPS) is 11.7. The predicted octanol–water partition coefficient (Wildman–Crippen LogP) is 2.20. The van der Waals surface area contributed by atoms with Crippen LogP contribution in [0.4, 0.5) is 0 Å². The molecule has 6 heteroatoms. The minimum absolute atomic E-state index is 0.141. The second-order valence-electron chi connectivity index (χ2n) is 5.13. The molecule has 5 nitrogen and oxygen atoms in total. The van der Waals surface area contributed by atoms with E-state index in [2.05, 4.69) is 0 Å². The fraction of sp³-hybridized carbons (Fsp3) is 0.533. The maximum atomic E-state index is 12.6. The maximum Gasteiger partial charge on any atom is 0.253 e. The molecule has 21 heavy (non-hydrogen) atoms. The van der Waals surface area contributed by atoms with Crippen molar-refractivity contribution in [2.75, 3.05) is 27.2 Å². The van der Waals surface area contributed by atoms with Gasteiger partial charge < -0.3 is 4.90 Å². The summed E-state index contributed by atoms with van der Waals surface area (Å²) in [6.07, 6.45) is 1.55. The first-order chi connectivity index (χ1) is 9.84. The van der Waals surface area contributed by atoms with Crippen LogP contribution in [0.25, 0.3) is 0 Å². The van der Waals surface area contributed by atoms with Crippen LogP contribution in [0.5, 0.6) is 0 Å². The molecule has 0 spiro atoms. The van der Waals surface area contributed by atoms with Gasteiger partial charge in [0.2, 0.25) is 10.0 Å². The maximum absolute atomic E-state index is 12.6. The van der Waals surface area contributed by atoms with Crippen molar-refractivity contribution < 1.29 is 13.2 Å². The summed E-state index contributed by atoms with van der Waals surface area (Å²) >= 11 is 0. The van der Waals surface area contributed by atoms with Crippen molar-refractivity contribution in [3.8, 4) is 0 Å². The van der Waals surface area contributed by atoms with Gasteiger partial charge in [0.25, 0.3) is 5.91 Å². The third-order valence-corrected chi connectivity index (χ3v) is 5.00. The van der Waals surface area contributed by atoms with Crippen LogP contribution >= 0.6 is 0 Å². The first kappa shape index (κ1) is 17.7. The molecule has 0 atom stereocenters. The van der Waals surface area contributed by atoms with E-state index in [1.54, 1.807) is 26.2 Å². The highest BCUT2D eigenvalue weighted by Crippen LogP contribution is 2.17. The van der Waals surface area contributed by atoms with E-state index in [4.69, 9.17) is 0 Å². The van der Waals surface area contributed by atoms with Crippen LogP contribution in [0.3, 0.4) is 0 Å². The number of sulfonamides is 1. The lowest BCUT2D eigenvalue weighted by atomic mass is 10.2. The Morgan fingerprint density at radius 2 is 1.48 bits per heavy atom. The van der Waals surface area contributed by atoms with E-state index >= 15 is 0 Å². The van der Waals surface area contributed by atoms with Gasteiger partial charge in [-0.3, -0.25) is 4.79 Å². The molecule has 1 aromatic carbocycles. The molecule has 1 amide bonds. The molecule has 0 bridgehead atoms. The minimum Gasteiger partial charge on any atom is -0.345 e. The molecule has 0 unspecified atom stereocenters. The van der Waals surface area contributed by atoms with Crippen LogP contribution in [0.15, 0.2) is 29.2 Å². The molecule has 0 aliphatic heterocycles. The molecule has 0 radical (unpaired) electrons. The second-order valence-corrected chi connectivity index (χ2v) is 7.07. The molecule has 0 aliphatic carbocycles. The first-order valence-electron chi connectivity index (χ1n) is 7.16. The lowest BCUT2D eigenvalue weighted by Gasteiger charge is -2.21. The highest BCUT2D eigenvalue weighted by molar-refractivity contribution is 7.89. The van der Waals surface area contributed by atoms with E-state index in [1.165, 1.54) is 21.3 Å². The van der Waals surface area contributed by atoms with Crippen molar-refractivity contribution in [1.29, 1.82) is 0 Å². The monoisotopic (exact) mass is 312 g/mol. The summed E-state index contributed by atoms with van der Waals surface area (Å²) in [5, 5.41) is 0. The molecule has 1 rings (SSSR count). The molecule has 1 aromatic rings. The van der Waals surface area contributed by atoms with E-state index in [1.807, 2.05) is 13.8 Å². The van der Waals surface area contributed by atoms with Gasteiger partial charge in [0.1, 0.15) is 0 Å². The van der Waals surface area contributed by atoms with Crippen LogP contribution in [0, 0.1) is 0 Å². The van der Waals surface area contributed by atoms with Gasteiger partial charge in [-0.25, -0.2) is 8.42 Å². The lowest BCUT2D eigenvalue weighted by molar-refractivity contribution is 0.0827. The van der Waals surface area contributed by atoms with Crippen LogP contribution in [-0.4, -0.2) is 50.7 Å². The standard InChI is InChI=1S/C15H24N2O3S/c1-5-11-17(12-6-2)21(19,20)14-9-7-13(8-10-14)15(18)16(3)4/h7-10H,5-6,11-12H2,1-4H3. The van der Waals surface area contributed by atoms with E-state index in [9.17, 15) is 13.2 Å². The number of rotatable bonds is 7. The lowest BCUT2D eigenvalue weighted by Crippen LogP contribution is -2.32. The number of hydrogen-bond donors (Lipinski definition) is 0. The average molecular weight is 312 g/mol. The Labute approximate surface area is 127 Å². The Balaban J connectivity index is 3.06. The fourth-order valence-corrected chi connectivity index (χ4v) is 3.65. The number of carbonyl (C=O) groups is 1. The summed E-state index contributed by atoms with van der Waals surface area (Å²) in [4.78, 5) is 13.5. The van der Waals surface area contributed by atoms with E-state index in [0.717, 1.165) is 12.8 Å². The summed E-state index contributed by atoms with van der Waals surface area (Å²) in [6, 6.07) is 6.13. The van der Waals surface area contributed by atoms with Gasteiger partial charge >= 0.3 is 0 Å². The molecule has 118 valence electrons. The Morgan fingerprint density at radius 3 is 1.86 bits per heavy atom. The van der Waals surface area contributed by atoms with Crippen molar-refractivity contribution in [2.24, 2.45) is 0 Å². The molecular weight excluding hydrogens is 288 g/mol. The van der Waals surface area contributed by atoms with E-state index in [0.29, 0.717) is 18.7 Å². The van der Waals surface area contributed by atoms with Gasteiger partial charge in [0.05, 0.1) is 4.90 Å². The van der Waals surface area contributed by atoms with E-state index in [-0.39, 0.29) is 10.8 Å². The second kappa shape index (κ2) is 7.56. The number of amides is 1. The average Bonchev–Trinajstić information content (AvgIpc) is 2.46. The third-order valence-electron chi connectivity index (χ3n) is 3.09. The summed E-state index contributed by atoms with van der Waals surface area (Å²) in [5.74, 6) is -0.141. The topological polar surface area (TPSA) is 57.7 Å². The molecular formula is C15H24N2O3S. The molecule has 0 saturated heterocycles. The Bertz CT molecular complexity index is 559.